The molecule has 2 aromatic rings. The van der Waals surface area contributed by atoms with Gasteiger partial charge in [-0.3, -0.25) is 4.79 Å². The monoisotopic (exact) mass is 271 g/mol. The summed E-state index contributed by atoms with van der Waals surface area (Å²) in [5.74, 6) is 0.926. The molecule has 0 bridgehead atoms. The van der Waals surface area contributed by atoms with Crippen LogP contribution in [0.2, 0.25) is 0 Å². The number of rotatable bonds is 3. The van der Waals surface area contributed by atoms with Crippen molar-refractivity contribution >= 4 is 23.0 Å². The molecule has 1 aromatic heterocycles. The van der Waals surface area contributed by atoms with Gasteiger partial charge in [-0.1, -0.05) is 0 Å². The molecule has 0 atom stereocenters. The van der Waals surface area contributed by atoms with Gasteiger partial charge >= 0.3 is 0 Å². The molecule has 0 unspecified atom stereocenters. The van der Waals surface area contributed by atoms with Crippen molar-refractivity contribution in [3.63, 3.8) is 0 Å². The lowest BCUT2D eigenvalue weighted by molar-refractivity contribution is -0.116. The molecule has 2 heterocycles. The maximum absolute atomic E-state index is 11.5. The Morgan fingerprint density at radius 2 is 2.25 bits per heavy atom. The molecule has 3 rings (SSSR count). The fourth-order valence-corrected chi connectivity index (χ4v) is 2.49. The molecule has 1 aromatic carbocycles. The number of anilines is 3. The SMILES string of the molecule is CN(Cc1ccco1)c1cc2c(cc1N)CCC(=O)N2. The number of nitrogens with one attached hydrogen (secondary N) is 1. The minimum absolute atomic E-state index is 0.0573. The predicted molar refractivity (Wildman–Crippen MR) is 78.6 cm³/mol. The lowest BCUT2D eigenvalue weighted by atomic mass is 10.0. The Kier molecular flexibility index (Phi) is 3.10. The van der Waals surface area contributed by atoms with Gasteiger partial charge in [0.2, 0.25) is 5.91 Å². The Morgan fingerprint density at radius 3 is 3.00 bits per heavy atom. The Labute approximate surface area is 117 Å². The lowest BCUT2D eigenvalue weighted by Gasteiger charge is -2.24. The van der Waals surface area contributed by atoms with E-state index in [1.807, 2.05) is 36.2 Å². The molecule has 5 nitrogen and oxygen atoms in total. The summed E-state index contributed by atoms with van der Waals surface area (Å²) < 4.78 is 5.34. The number of amides is 1. The average Bonchev–Trinajstić information content (AvgIpc) is 2.91. The number of furan rings is 1. The van der Waals surface area contributed by atoms with Crippen molar-refractivity contribution in [2.75, 3.05) is 23.0 Å². The Morgan fingerprint density at radius 1 is 1.40 bits per heavy atom. The van der Waals surface area contributed by atoms with E-state index in [9.17, 15) is 4.79 Å². The summed E-state index contributed by atoms with van der Waals surface area (Å²) in [5.41, 5.74) is 9.68. The van der Waals surface area contributed by atoms with E-state index in [0.29, 0.717) is 18.7 Å². The van der Waals surface area contributed by atoms with Gasteiger partial charge in [0.15, 0.2) is 0 Å². The van der Waals surface area contributed by atoms with Crippen LogP contribution in [0.1, 0.15) is 17.7 Å². The van der Waals surface area contributed by atoms with Crippen molar-refractivity contribution in [1.82, 2.24) is 0 Å². The molecular formula is C15H17N3O2. The minimum atomic E-state index is 0.0573. The van der Waals surface area contributed by atoms with E-state index in [2.05, 4.69) is 5.32 Å². The quantitative estimate of drug-likeness (QED) is 0.841. The molecule has 0 spiro atoms. The lowest BCUT2D eigenvalue weighted by Crippen LogP contribution is -2.22. The first kappa shape index (κ1) is 12.6. The number of aryl methyl sites for hydroxylation is 1. The molecule has 0 saturated carbocycles. The molecule has 1 aliphatic heterocycles. The topological polar surface area (TPSA) is 71.5 Å². The van der Waals surface area contributed by atoms with Crippen molar-refractivity contribution in [3.8, 4) is 0 Å². The standard InChI is InChI=1S/C15H17N3O2/c1-18(9-11-3-2-6-20-11)14-8-13-10(7-12(14)16)4-5-15(19)17-13/h2-3,6-8H,4-5,9,16H2,1H3,(H,17,19). The second-order valence-electron chi connectivity index (χ2n) is 5.05. The van der Waals surface area contributed by atoms with Crippen molar-refractivity contribution in [2.24, 2.45) is 0 Å². The molecule has 0 fully saturated rings. The van der Waals surface area contributed by atoms with Crippen LogP contribution in [0, 0.1) is 0 Å². The van der Waals surface area contributed by atoms with Crippen LogP contribution in [0.3, 0.4) is 0 Å². The summed E-state index contributed by atoms with van der Waals surface area (Å²) in [7, 11) is 1.95. The summed E-state index contributed by atoms with van der Waals surface area (Å²) in [6, 6.07) is 7.67. The molecule has 0 radical (unpaired) electrons. The van der Waals surface area contributed by atoms with Crippen LogP contribution in [0.4, 0.5) is 17.1 Å². The van der Waals surface area contributed by atoms with Gasteiger partial charge in [0.25, 0.3) is 0 Å². The van der Waals surface area contributed by atoms with Gasteiger partial charge in [-0.2, -0.15) is 0 Å². The first-order chi connectivity index (χ1) is 9.63. The van der Waals surface area contributed by atoms with Crippen LogP contribution in [-0.2, 0) is 17.8 Å². The highest BCUT2D eigenvalue weighted by Crippen LogP contribution is 2.33. The second-order valence-corrected chi connectivity index (χ2v) is 5.05. The predicted octanol–water partition coefficient (Wildman–Crippen LogP) is 2.38. The van der Waals surface area contributed by atoms with E-state index in [0.717, 1.165) is 29.1 Å². The van der Waals surface area contributed by atoms with Crippen LogP contribution in [0.5, 0.6) is 0 Å². The number of hydrogen-bond donors (Lipinski definition) is 2. The fourth-order valence-electron chi connectivity index (χ4n) is 2.49. The average molecular weight is 271 g/mol. The van der Waals surface area contributed by atoms with E-state index in [4.69, 9.17) is 10.2 Å². The van der Waals surface area contributed by atoms with Gasteiger partial charge in [-0.25, -0.2) is 0 Å². The number of carbonyl (C=O) groups is 1. The Balaban J connectivity index is 1.89. The summed E-state index contributed by atoms with van der Waals surface area (Å²) in [4.78, 5) is 13.5. The van der Waals surface area contributed by atoms with Gasteiger partial charge in [-0.15, -0.1) is 0 Å². The molecule has 3 N–H and O–H groups in total. The highest BCUT2D eigenvalue weighted by Gasteiger charge is 2.18. The van der Waals surface area contributed by atoms with Gasteiger partial charge < -0.3 is 20.4 Å². The van der Waals surface area contributed by atoms with Crippen molar-refractivity contribution in [1.29, 1.82) is 0 Å². The van der Waals surface area contributed by atoms with Gasteiger partial charge in [0, 0.05) is 19.2 Å². The second kappa shape index (κ2) is 4.92. The number of fused-ring (bicyclic) bond motifs is 1. The number of nitrogens with zero attached hydrogens (tertiary/aromatic N) is 1. The maximum Gasteiger partial charge on any atom is 0.224 e. The van der Waals surface area contributed by atoms with Crippen LogP contribution in [0.25, 0.3) is 0 Å². The first-order valence-corrected chi connectivity index (χ1v) is 6.59. The summed E-state index contributed by atoms with van der Waals surface area (Å²) >= 11 is 0. The fraction of sp³-hybridized carbons (Fsp3) is 0.267. The number of carbonyl (C=O) groups excluding carboxylic acids is 1. The van der Waals surface area contributed by atoms with Gasteiger partial charge in [-0.05, 0) is 36.2 Å². The van der Waals surface area contributed by atoms with Gasteiger partial charge in [0.05, 0.1) is 24.2 Å². The van der Waals surface area contributed by atoms with Crippen LogP contribution < -0.4 is 16.0 Å². The zero-order valence-electron chi connectivity index (χ0n) is 11.3. The van der Waals surface area contributed by atoms with E-state index in [1.54, 1.807) is 6.26 Å². The number of nitrogen functional groups attached to an aromatic ring is 1. The zero-order valence-corrected chi connectivity index (χ0v) is 11.3. The maximum atomic E-state index is 11.5. The third-order valence-electron chi connectivity index (χ3n) is 3.53. The smallest absolute Gasteiger partial charge is 0.224 e. The van der Waals surface area contributed by atoms with Crippen molar-refractivity contribution in [3.05, 3.63) is 41.9 Å². The normalized spacial score (nSPS) is 13.8. The van der Waals surface area contributed by atoms with Crippen LogP contribution in [-0.4, -0.2) is 13.0 Å². The molecule has 1 aliphatic rings. The first-order valence-electron chi connectivity index (χ1n) is 6.59. The molecular weight excluding hydrogens is 254 g/mol. The third-order valence-corrected chi connectivity index (χ3v) is 3.53. The van der Waals surface area contributed by atoms with E-state index in [1.165, 1.54) is 0 Å². The summed E-state index contributed by atoms with van der Waals surface area (Å²) in [5, 5.41) is 2.90. The molecule has 0 saturated heterocycles. The molecule has 20 heavy (non-hydrogen) atoms. The number of benzene rings is 1. The summed E-state index contributed by atoms with van der Waals surface area (Å²) in [6.07, 6.45) is 2.92. The zero-order chi connectivity index (χ0) is 14.1. The Bertz CT molecular complexity index is 635. The van der Waals surface area contributed by atoms with Crippen LogP contribution in [0.15, 0.2) is 34.9 Å². The van der Waals surface area contributed by atoms with Crippen LogP contribution >= 0.6 is 0 Å². The molecule has 1 amide bonds. The summed E-state index contributed by atoms with van der Waals surface area (Å²) in [6.45, 7) is 0.629. The van der Waals surface area contributed by atoms with Crippen molar-refractivity contribution < 1.29 is 9.21 Å². The van der Waals surface area contributed by atoms with E-state index < -0.39 is 0 Å². The molecule has 5 heteroatoms. The van der Waals surface area contributed by atoms with E-state index in [-0.39, 0.29) is 5.91 Å². The highest BCUT2D eigenvalue weighted by molar-refractivity contribution is 5.95. The van der Waals surface area contributed by atoms with Gasteiger partial charge in [0.1, 0.15) is 5.76 Å². The number of nitrogens with two attached hydrogens (primary N) is 1. The largest absolute Gasteiger partial charge is 0.467 e. The van der Waals surface area contributed by atoms with E-state index >= 15 is 0 Å². The highest BCUT2D eigenvalue weighted by atomic mass is 16.3. The third kappa shape index (κ3) is 2.34. The number of hydrogen-bond acceptors (Lipinski definition) is 4. The molecule has 0 aliphatic carbocycles. The Hall–Kier alpha value is -2.43. The minimum Gasteiger partial charge on any atom is -0.467 e. The van der Waals surface area contributed by atoms with Crippen molar-refractivity contribution in [2.45, 2.75) is 19.4 Å². The molecule has 104 valence electrons.